The predicted molar refractivity (Wildman–Crippen MR) is 76.9 cm³/mol. The first kappa shape index (κ1) is 15.3. The number of likely N-dealkylation sites (N-methyl/N-ethyl adjacent to an activating group) is 1. The fraction of sp³-hybridized carbons (Fsp3) is 0.467. The first-order valence-electron chi connectivity index (χ1n) is 6.97. The van der Waals surface area contributed by atoms with E-state index < -0.39 is 17.7 Å². The van der Waals surface area contributed by atoms with Gasteiger partial charge < -0.3 is 10.2 Å². The summed E-state index contributed by atoms with van der Waals surface area (Å²) in [6.07, 6.45) is 0.519. The van der Waals surface area contributed by atoms with Crippen molar-refractivity contribution in [1.29, 1.82) is 0 Å². The Bertz CT molecular complexity index is 520. The maximum atomic E-state index is 11.9. The van der Waals surface area contributed by atoms with Crippen molar-refractivity contribution in [3.63, 3.8) is 0 Å². The number of carboxylic acid groups (broad SMARTS) is 2. The number of hydrogen-bond acceptors (Lipinski definition) is 3. The summed E-state index contributed by atoms with van der Waals surface area (Å²) in [5, 5.41) is 19.1. The fourth-order valence-electron chi connectivity index (χ4n) is 2.99. The van der Waals surface area contributed by atoms with E-state index in [0.717, 1.165) is 10.5 Å². The van der Waals surface area contributed by atoms with Crippen LogP contribution in [-0.2, 0) is 11.3 Å². The van der Waals surface area contributed by atoms with E-state index in [4.69, 9.17) is 0 Å². The molecule has 114 valence electrons. The second kappa shape index (κ2) is 6.13. The molecular weight excluding hydrogens is 272 g/mol. The molecule has 1 atom stereocenters. The van der Waals surface area contributed by atoms with Gasteiger partial charge in [0.25, 0.3) is 0 Å². The van der Waals surface area contributed by atoms with Gasteiger partial charge in [0.2, 0.25) is 0 Å². The van der Waals surface area contributed by atoms with Crippen LogP contribution in [0.5, 0.6) is 0 Å². The van der Waals surface area contributed by atoms with E-state index >= 15 is 0 Å². The summed E-state index contributed by atoms with van der Waals surface area (Å²) >= 11 is 0. The molecule has 0 bridgehead atoms. The van der Waals surface area contributed by atoms with Gasteiger partial charge in [0, 0.05) is 13.1 Å². The molecule has 1 heterocycles. The third-order valence-electron chi connectivity index (χ3n) is 4.07. The fourth-order valence-corrected chi connectivity index (χ4v) is 2.99. The van der Waals surface area contributed by atoms with Gasteiger partial charge in [-0.05, 0) is 31.9 Å². The van der Waals surface area contributed by atoms with Crippen molar-refractivity contribution < 1.29 is 19.8 Å². The van der Waals surface area contributed by atoms with Gasteiger partial charge >= 0.3 is 12.1 Å². The topological polar surface area (TPSA) is 81.1 Å². The van der Waals surface area contributed by atoms with E-state index in [9.17, 15) is 19.8 Å². The lowest BCUT2D eigenvalue weighted by atomic mass is 9.93. The quantitative estimate of drug-likeness (QED) is 0.888. The SMILES string of the molecule is CN(Cc1ccccc1)C1(C(=O)O)CCCCN1C(=O)O. The molecule has 6 heteroatoms. The van der Waals surface area contributed by atoms with E-state index in [-0.39, 0.29) is 6.54 Å². The first-order valence-corrected chi connectivity index (χ1v) is 6.97. The minimum Gasteiger partial charge on any atom is -0.478 e. The molecule has 0 saturated carbocycles. The van der Waals surface area contributed by atoms with Gasteiger partial charge in [-0.15, -0.1) is 0 Å². The summed E-state index contributed by atoms with van der Waals surface area (Å²) < 4.78 is 0. The van der Waals surface area contributed by atoms with Gasteiger partial charge in [0.1, 0.15) is 0 Å². The van der Waals surface area contributed by atoms with Crippen molar-refractivity contribution in [3.8, 4) is 0 Å². The number of likely N-dealkylation sites (tertiary alicyclic amines) is 1. The van der Waals surface area contributed by atoms with Gasteiger partial charge in [0.05, 0.1) is 0 Å². The third-order valence-corrected chi connectivity index (χ3v) is 4.07. The van der Waals surface area contributed by atoms with Gasteiger partial charge in [-0.3, -0.25) is 9.80 Å². The van der Waals surface area contributed by atoms with E-state index in [1.165, 1.54) is 0 Å². The molecule has 2 N–H and O–H groups in total. The lowest BCUT2D eigenvalue weighted by Crippen LogP contribution is -2.67. The summed E-state index contributed by atoms with van der Waals surface area (Å²) in [5.41, 5.74) is -0.531. The van der Waals surface area contributed by atoms with Crippen LogP contribution in [0.1, 0.15) is 24.8 Å². The Hall–Kier alpha value is -2.08. The van der Waals surface area contributed by atoms with Gasteiger partial charge in [-0.1, -0.05) is 30.3 Å². The lowest BCUT2D eigenvalue weighted by molar-refractivity contribution is -0.168. The van der Waals surface area contributed by atoms with Gasteiger partial charge in [-0.25, -0.2) is 9.59 Å². The van der Waals surface area contributed by atoms with Gasteiger partial charge in [-0.2, -0.15) is 0 Å². The highest BCUT2D eigenvalue weighted by Crippen LogP contribution is 2.32. The number of benzene rings is 1. The maximum absolute atomic E-state index is 11.9. The Balaban J connectivity index is 2.31. The Morgan fingerprint density at radius 3 is 2.48 bits per heavy atom. The normalized spacial score (nSPS) is 22.3. The summed E-state index contributed by atoms with van der Waals surface area (Å²) in [6, 6.07) is 9.46. The number of carboxylic acids is 1. The molecule has 0 aliphatic carbocycles. The Morgan fingerprint density at radius 2 is 1.90 bits per heavy atom. The van der Waals surface area contributed by atoms with Crippen LogP contribution in [0.25, 0.3) is 0 Å². The third kappa shape index (κ3) is 2.85. The second-order valence-electron chi connectivity index (χ2n) is 5.35. The van der Waals surface area contributed by atoms with Crippen molar-refractivity contribution in [2.75, 3.05) is 13.6 Å². The second-order valence-corrected chi connectivity index (χ2v) is 5.35. The highest BCUT2D eigenvalue weighted by Gasteiger charge is 2.51. The van der Waals surface area contributed by atoms with Gasteiger partial charge in [0.15, 0.2) is 5.66 Å². The summed E-state index contributed by atoms with van der Waals surface area (Å²) in [6.45, 7) is 0.637. The molecule has 1 unspecified atom stereocenters. The van der Waals surface area contributed by atoms with Crippen LogP contribution < -0.4 is 0 Å². The molecule has 0 aromatic heterocycles. The predicted octanol–water partition coefficient (Wildman–Crippen LogP) is 2.06. The Morgan fingerprint density at radius 1 is 1.24 bits per heavy atom. The molecule has 0 spiro atoms. The summed E-state index contributed by atoms with van der Waals surface area (Å²) in [5.74, 6) is -1.11. The van der Waals surface area contributed by atoms with Crippen LogP contribution in [0.3, 0.4) is 0 Å². The maximum Gasteiger partial charge on any atom is 0.409 e. The number of piperidine rings is 1. The molecule has 1 saturated heterocycles. The Labute approximate surface area is 123 Å². The summed E-state index contributed by atoms with van der Waals surface area (Å²) in [7, 11) is 1.67. The number of nitrogens with zero attached hydrogens (tertiary/aromatic N) is 2. The smallest absolute Gasteiger partial charge is 0.409 e. The lowest BCUT2D eigenvalue weighted by Gasteiger charge is -2.47. The van der Waals surface area contributed by atoms with Crippen LogP contribution in [0, 0.1) is 0 Å². The van der Waals surface area contributed by atoms with Crippen LogP contribution in [0.4, 0.5) is 4.79 Å². The van der Waals surface area contributed by atoms with Crippen molar-refractivity contribution in [2.24, 2.45) is 0 Å². The van der Waals surface area contributed by atoms with E-state index in [2.05, 4.69) is 0 Å². The molecule has 6 nitrogen and oxygen atoms in total. The van der Waals surface area contributed by atoms with Crippen molar-refractivity contribution in [1.82, 2.24) is 9.80 Å². The molecule has 1 aliphatic rings. The standard InChI is InChI=1S/C15H20N2O4/c1-16(11-12-7-3-2-4-8-12)15(13(18)19)9-5-6-10-17(15)14(20)21/h2-4,7-8H,5-6,9-11H2,1H3,(H,18,19)(H,20,21). The van der Waals surface area contributed by atoms with E-state index in [1.807, 2.05) is 30.3 Å². The Kier molecular flexibility index (Phi) is 4.47. The van der Waals surface area contributed by atoms with Crippen molar-refractivity contribution >= 4 is 12.1 Å². The highest BCUT2D eigenvalue weighted by atomic mass is 16.4. The first-order chi connectivity index (χ1) is 9.98. The van der Waals surface area contributed by atoms with Crippen molar-refractivity contribution in [2.45, 2.75) is 31.5 Å². The number of carbonyl (C=O) groups is 2. The molecule has 2 rings (SSSR count). The molecule has 1 amide bonds. The van der Waals surface area contributed by atoms with E-state index in [0.29, 0.717) is 25.8 Å². The molecule has 1 aromatic carbocycles. The molecule has 1 aromatic rings. The zero-order valence-electron chi connectivity index (χ0n) is 12.0. The van der Waals surface area contributed by atoms with Crippen LogP contribution in [-0.4, -0.2) is 51.3 Å². The largest absolute Gasteiger partial charge is 0.478 e. The van der Waals surface area contributed by atoms with Crippen LogP contribution in [0.15, 0.2) is 30.3 Å². The number of rotatable bonds is 4. The minimum atomic E-state index is -1.49. The number of hydrogen-bond donors (Lipinski definition) is 2. The monoisotopic (exact) mass is 292 g/mol. The van der Waals surface area contributed by atoms with Crippen molar-refractivity contribution in [3.05, 3.63) is 35.9 Å². The average molecular weight is 292 g/mol. The number of amides is 1. The zero-order chi connectivity index (χ0) is 15.5. The molecule has 1 fully saturated rings. The molecule has 1 aliphatic heterocycles. The summed E-state index contributed by atoms with van der Waals surface area (Å²) in [4.78, 5) is 26.0. The minimum absolute atomic E-state index is 0.251. The van der Waals surface area contributed by atoms with E-state index in [1.54, 1.807) is 11.9 Å². The number of aliphatic carboxylic acids is 1. The highest BCUT2D eigenvalue weighted by molar-refractivity contribution is 5.83. The molecule has 21 heavy (non-hydrogen) atoms. The van der Waals surface area contributed by atoms with Crippen LogP contribution in [0.2, 0.25) is 0 Å². The molecule has 0 radical (unpaired) electrons. The molecular formula is C15H20N2O4. The zero-order valence-corrected chi connectivity index (χ0v) is 12.0. The average Bonchev–Trinajstić information content (AvgIpc) is 2.47. The van der Waals surface area contributed by atoms with Crippen LogP contribution >= 0.6 is 0 Å².